The van der Waals surface area contributed by atoms with Crippen LogP contribution < -0.4 is 0 Å². The van der Waals surface area contributed by atoms with Crippen molar-refractivity contribution in [3.05, 3.63) is 59.9 Å². The van der Waals surface area contributed by atoms with Crippen molar-refractivity contribution in [2.45, 2.75) is 45.6 Å². The van der Waals surface area contributed by atoms with Crippen LogP contribution in [-0.2, 0) is 16.0 Å². The lowest BCUT2D eigenvalue weighted by Crippen LogP contribution is -2.43. The molecule has 0 bridgehead atoms. The number of rotatable bonds is 5. The number of imidazole rings is 1. The summed E-state index contributed by atoms with van der Waals surface area (Å²) in [5.41, 5.74) is 2.54. The van der Waals surface area contributed by atoms with Gasteiger partial charge in [-0.1, -0.05) is 32.0 Å². The molecule has 1 aliphatic rings. The van der Waals surface area contributed by atoms with Gasteiger partial charge in [-0.15, -0.1) is 0 Å². The van der Waals surface area contributed by atoms with Gasteiger partial charge in [0.2, 0.25) is 0 Å². The molecule has 1 N–H and O–H groups in total. The summed E-state index contributed by atoms with van der Waals surface area (Å²) < 4.78 is 7.64. The second-order valence-corrected chi connectivity index (χ2v) is 7.01. The van der Waals surface area contributed by atoms with Gasteiger partial charge < -0.3 is 14.4 Å². The van der Waals surface area contributed by atoms with Crippen molar-refractivity contribution in [2.24, 2.45) is 5.92 Å². The Morgan fingerprint density at radius 2 is 2.12 bits per heavy atom. The third kappa shape index (κ3) is 3.60. The largest absolute Gasteiger partial charge is 0.512 e. The van der Waals surface area contributed by atoms with Gasteiger partial charge in [-0.2, -0.15) is 0 Å². The number of esters is 1. The molecule has 0 saturated carbocycles. The second kappa shape index (κ2) is 6.75. The molecule has 1 aliphatic heterocycles. The highest BCUT2D eigenvalue weighted by atomic mass is 16.6. The first-order valence-electron chi connectivity index (χ1n) is 8.61. The fourth-order valence-corrected chi connectivity index (χ4v) is 3.33. The van der Waals surface area contributed by atoms with Crippen molar-refractivity contribution in [1.29, 1.82) is 0 Å². The molecule has 5 nitrogen and oxygen atoms in total. The van der Waals surface area contributed by atoms with Crippen LogP contribution in [0.4, 0.5) is 0 Å². The van der Waals surface area contributed by atoms with Crippen LogP contribution in [0.25, 0.3) is 5.69 Å². The number of hydrogen-bond donors (Lipinski definition) is 1. The lowest BCUT2D eigenvalue weighted by Gasteiger charge is -2.38. The van der Waals surface area contributed by atoms with E-state index in [0.29, 0.717) is 19.3 Å². The van der Waals surface area contributed by atoms with E-state index in [1.165, 1.54) is 5.56 Å². The number of aryl methyl sites for hydroxylation is 2. The molecule has 0 amide bonds. The minimum absolute atomic E-state index is 0.0930. The van der Waals surface area contributed by atoms with E-state index in [1.54, 1.807) is 0 Å². The number of nitrogens with zero attached hydrogens (tertiary/aromatic N) is 2. The van der Waals surface area contributed by atoms with Crippen LogP contribution in [-0.4, -0.2) is 26.2 Å². The second-order valence-electron chi connectivity index (χ2n) is 7.01. The van der Waals surface area contributed by atoms with E-state index >= 15 is 0 Å². The van der Waals surface area contributed by atoms with Gasteiger partial charge in [0.15, 0.2) is 0 Å². The number of benzene rings is 1. The zero-order valence-corrected chi connectivity index (χ0v) is 14.9. The molecule has 2 aromatic rings. The van der Waals surface area contributed by atoms with E-state index in [4.69, 9.17) is 4.74 Å². The number of hydrogen-bond acceptors (Lipinski definition) is 4. The van der Waals surface area contributed by atoms with Crippen LogP contribution in [0.2, 0.25) is 0 Å². The Kier molecular flexibility index (Phi) is 4.66. The average Bonchev–Trinajstić information content (AvgIpc) is 3.01. The summed E-state index contributed by atoms with van der Waals surface area (Å²) in [6.07, 6.45) is 6.64. The number of aromatic nitrogens is 2. The molecule has 0 aliphatic carbocycles. The fourth-order valence-electron chi connectivity index (χ4n) is 3.33. The van der Waals surface area contributed by atoms with Crippen LogP contribution in [0.3, 0.4) is 0 Å². The number of cyclic esters (lactones) is 1. The summed E-state index contributed by atoms with van der Waals surface area (Å²) >= 11 is 0. The highest BCUT2D eigenvalue weighted by Gasteiger charge is 2.41. The predicted octanol–water partition coefficient (Wildman–Crippen LogP) is 3.90. The smallest absolute Gasteiger partial charge is 0.334 e. The number of ether oxygens (including phenoxy) is 1. The molecule has 3 rings (SSSR count). The molecule has 1 unspecified atom stereocenters. The zero-order valence-electron chi connectivity index (χ0n) is 14.9. The van der Waals surface area contributed by atoms with Gasteiger partial charge in [0, 0.05) is 18.3 Å². The van der Waals surface area contributed by atoms with Crippen LogP contribution in [0.5, 0.6) is 0 Å². The molecule has 0 fully saturated rings. The van der Waals surface area contributed by atoms with E-state index < -0.39 is 11.6 Å². The van der Waals surface area contributed by atoms with Crippen LogP contribution in [0, 0.1) is 12.8 Å². The van der Waals surface area contributed by atoms with Crippen LogP contribution in [0.15, 0.2) is 48.6 Å². The normalized spacial score (nSPS) is 20.5. The van der Waals surface area contributed by atoms with Crippen molar-refractivity contribution in [2.75, 3.05) is 0 Å². The number of para-hydroxylation sites is 1. The molecule has 2 heterocycles. The Hall–Kier alpha value is -2.56. The van der Waals surface area contributed by atoms with Gasteiger partial charge in [-0.25, -0.2) is 9.78 Å². The maximum atomic E-state index is 11.8. The molecule has 1 atom stereocenters. The first kappa shape index (κ1) is 17.3. The Balaban J connectivity index is 1.76. The topological polar surface area (TPSA) is 64.3 Å². The highest BCUT2D eigenvalue weighted by molar-refractivity contribution is 5.83. The number of carbonyl (C=O) groups excluding carboxylic acids is 1. The van der Waals surface area contributed by atoms with Crippen molar-refractivity contribution < 1.29 is 14.6 Å². The van der Waals surface area contributed by atoms with Crippen molar-refractivity contribution in [1.82, 2.24) is 9.55 Å². The first-order valence-corrected chi connectivity index (χ1v) is 8.61. The minimum Gasteiger partial charge on any atom is -0.512 e. The summed E-state index contributed by atoms with van der Waals surface area (Å²) in [5.74, 6) is -0.274. The van der Waals surface area contributed by atoms with Crippen LogP contribution >= 0.6 is 0 Å². The number of aliphatic hydroxyl groups is 1. The fraction of sp³-hybridized carbons (Fsp3) is 0.400. The Bertz CT molecular complexity index is 807. The van der Waals surface area contributed by atoms with E-state index in [1.807, 2.05) is 43.1 Å². The van der Waals surface area contributed by atoms with E-state index in [2.05, 4.69) is 24.0 Å². The van der Waals surface area contributed by atoms with E-state index in [9.17, 15) is 9.90 Å². The third-order valence-electron chi connectivity index (χ3n) is 4.95. The van der Waals surface area contributed by atoms with Crippen LogP contribution in [0.1, 0.15) is 37.9 Å². The average molecular weight is 340 g/mol. The molecule has 25 heavy (non-hydrogen) atoms. The molecular formula is C20H24N2O3. The number of carbonyl (C=O) groups is 1. The summed E-state index contributed by atoms with van der Waals surface area (Å²) in [5, 5.41) is 9.89. The lowest BCUT2D eigenvalue weighted by molar-refractivity contribution is -0.163. The van der Waals surface area contributed by atoms with Gasteiger partial charge in [0.05, 0.1) is 18.1 Å². The number of aliphatic hydroxyl groups excluding tert-OH is 1. The predicted molar refractivity (Wildman–Crippen MR) is 95.6 cm³/mol. The minimum atomic E-state index is -0.678. The molecular weight excluding hydrogens is 316 g/mol. The molecule has 0 radical (unpaired) electrons. The SMILES string of the molecule is Cc1ccccc1-n1cnc(CCC2(C(C)C)CC(O)=CC(=O)O2)c1. The monoisotopic (exact) mass is 340 g/mol. The van der Waals surface area contributed by atoms with Gasteiger partial charge >= 0.3 is 5.97 Å². The van der Waals surface area contributed by atoms with E-state index in [0.717, 1.165) is 17.5 Å². The first-order chi connectivity index (χ1) is 11.9. The molecule has 0 saturated heterocycles. The molecule has 5 heteroatoms. The Labute approximate surface area is 148 Å². The summed E-state index contributed by atoms with van der Waals surface area (Å²) in [7, 11) is 0. The summed E-state index contributed by atoms with van der Waals surface area (Å²) in [6.45, 7) is 6.09. The highest BCUT2D eigenvalue weighted by Crippen LogP contribution is 2.36. The summed E-state index contributed by atoms with van der Waals surface area (Å²) in [6, 6.07) is 8.15. The molecule has 1 aromatic heterocycles. The van der Waals surface area contributed by atoms with Crippen molar-refractivity contribution in [3.63, 3.8) is 0 Å². The van der Waals surface area contributed by atoms with Crippen molar-refractivity contribution in [3.8, 4) is 5.69 Å². The Morgan fingerprint density at radius 1 is 1.36 bits per heavy atom. The van der Waals surface area contributed by atoms with Gasteiger partial charge in [-0.05, 0) is 37.3 Å². The summed E-state index contributed by atoms with van der Waals surface area (Å²) in [4.78, 5) is 16.2. The van der Waals surface area contributed by atoms with Crippen molar-refractivity contribution >= 4 is 5.97 Å². The molecule has 0 spiro atoms. The van der Waals surface area contributed by atoms with Gasteiger partial charge in [0.1, 0.15) is 11.4 Å². The third-order valence-corrected chi connectivity index (χ3v) is 4.95. The standard InChI is InChI=1S/C20H24N2O3/c1-14(2)20(11-17(23)10-19(24)25-20)9-8-16-12-22(13-21-16)18-7-5-4-6-15(18)3/h4-7,10,12-14,23H,8-9,11H2,1-3H3. The quantitative estimate of drug-likeness (QED) is 0.839. The maximum absolute atomic E-state index is 11.8. The molecule has 1 aromatic carbocycles. The lowest BCUT2D eigenvalue weighted by atomic mass is 9.80. The Morgan fingerprint density at radius 3 is 2.80 bits per heavy atom. The zero-order chi connectivity index (χ0) is 18.0. The molecule has 132 valence electrons. The maximum Gasteiger partial charge on any atom is 0.334 e. The van der Waals surface area contributed by atoms with Gasteiger partial charge in [-0.3, -0.25) is 0 Å². The van der Waals surface area contributed by atoms with Gasteiger partial charge in [0.25, 0.3) is 0 Å². The van der Waals surface area contributed by atoms with E-state index in [-0.39, 0.29) is 11.7 Å².